The average Bonchev–Trinajstić information content (AvgIpc) is 2.30. The lowest BCUT2D eigenvalue weighted by Crippen LogP contribution is -2.35. The molecule has 1 atom stereocenters. The van der Waals surface area contributed by atoms with E-state index in [1.165, 1.54) is 19.3 Å². The normalized spacial score (nSPS) is 21.5. The van der Waals surface area contributed by atoms with E-state index in [2.05, 4.69) is 15.5 Å². The predicted molar refractivity (Wildman–Crippen MR) is 63.4 cm³/mol. The van der Waals surface area contributed by atoms with E-state index in [1.54, 1.807) is 17.8 Å². The van der Waals surface area contributed by atoms with E-state index < -0.39 is 0 Å². The summed E-state index contributed by atoms with van der Waals surface area (Å²) in [7, 11) is 0. The molecule has 1 aliphatic heterocycles. The zero-order valence-corrected chi connectivity index (χ0v) is 10.0. The van der Waals surface area contributed by atoms with Crippen LogP contribution in [0.2, 0.25) is 5.15 Å². The molecule has 1 fully saturated rings. The first-order valence-corrected chi connectivity index (χ1v) is 6.56. The van der Waals surface area contributed by atoms with Crippen molar-refractivity contribution in [3.8, 4) is 0 Å². The van der Waals surface area contributed by atoms with E-state index in [4.69, 9.17) is 11.6 Å². The number of rotatable bonds is 3. The summed E-state index contributed by atoms with van der Waals surface area (Å²) in [5.74, 6) is 1.07. The van der Waals surface area contributed by atoms with Crippen LogP contribution in [0, 0.1) is 0 Å². The highest BCUT2D eigenvalue weighted by atomic mass is 35.5. The fourth-order valence-corrected chi connectivity index (χ4v) is 2.65. The Morgan fingerprint density at radius 2 is 2.33 bits per heavy atom. The lowest BCUT2D eigenvalue weighted by Gasteiger charge is -2.22. The molecule has 82 valence electrons. The fourth-order valence-electron chi connectivity index (χ4n) is 1.63. The Morgan fingerprint density at radius 1 is 1.40 bits per heavy atom. The molecular weight excluding hydrogens is 230 g/mol. The maximum absolute atomic E-state index is 5.67. The van der Waals surface area contributed by atoms with Crippen molar-refractivity contribution in [1.29, 1.82) is 0 Å². The van der Waals surface area contributed by atoms with Crippen LogP contribution >= 0.6 is 23.4 Å². The van der Waals surface area contributed by atoms with Crippen molar-refractivity contribution < 1.29 is 0 Å². The summed E-state index contributed by atoms with van der Waals surface area (Å²) in [5, 5.41) is 12.7. The molecule has 1 aliphatic rings. The molecule has 0 aliphatic carbocycles. The van der Waals surface area contributed by atoms with Crippen molar-refractivity contribution in [3.63, 3.8) is 0 Å². The lowest BCUT2D eigenvalue weighted by atomic mass is 10.1. The molecule has 0 spiro atoms. The van der Waals surface area contributed by atoms with E-state index in [1.807, 2.05) is 6.07 Å². The third kappa shape index (κ3) is 3.63. The Labute approximate surface area is 99.0 Å². The second-order valence-electron chi connectivity index (χ2n) is 3.65. The minimum atomic E-state index is 0.454. The highest BCUT2D eigenvalue weighted by Crippen LogP contribution is 2.19. The van der Waals surface area contributed by atoms with Crippen LogP contribution in [0.25, 0.3) is 0 Å². The third-order valence-electron chi connectivity index (χ3n) is 2.45. The van der Waals surface area contributed by atoms with Crippen molar-refractivity contribution in [3.05, 3.63) is 17.3 Å². The monoisotopic (exact) mass is 243 g/mol. The average molecular weight is 244 g/mol. The molecule has 0 amide bonds. The van der Waals surface area contributed by atoms with Crippen molar-refractivity contribution in [2.45, 2.75) is 30.3 Å². The van der Waals surface area contributed by atoms with Gasteiger partial charge in [-0.25, -0.2) is 0 Å². The van der Waals surface area contributed by atoms with E-state index in [0.29, 0.717) is 11.2 Å². The fraction of sp³-hybridized carbons (Fsp3) is 0.600. The number of hydrogen-bond donors (Lipinski definition) is 1. The standard InChI is InChI=1S/C10H14ClN3S/c11-9-4-5-10(14-13-9)15-7-8-3-1-2-6-12-8/h4-5,8,12H,1-3,6-7H2/t8-/m1/s1. The Balaban J connectivity index is 1.79. The Hall–Kier alpha value is -0.320. The molecular formula is C10H14ClN3S. The maximum atomic E-state index is 5.67. The summed E-state index contributed by atoms with van der Waals surface area (Å²) < 4.78 is 0. The predicted octanol–water partition coefficient (Wildman–Crippen LogP) is 2.36. The molecule has 2 heterocycles. The molecule has 5 heteroatoms. The summed E-state index contributed by atoms with van der Waals surface area (Å²) in [6, 6.07) is 4.33. The van der Waals surface area contributed by atoms with Crippen molar-refractivity contribution >= 4 is 23.4 Å². The van der Waals surface area contributed by atoms with Crippen LogP contribution in [0.15, 0.2) is 17.2 Å². The van der Waals surface area contributed by atoms with Gasteiger partial charge in [0, 0.05) is 11.8 Å². The van der Waals surface area contributed by atoms with Crippen LogP contribution in [-0.4, -0.2) is 28.5 Å². The number of aromatic nitrogens is 2. The van der Waals surface area contributed by atoms with E-state index in [9.17, 15) is 0 Å². The van der Waals surface area contributed by atoms with Gasteiger partial charge in [0.1, 0.15) is 5.03 Å². The molecule has 0 bridgehead atoms. The van der Waals surface area contributed by atoms with Gasteiger partial charge in [-0.05, 0) is 31.5 Å². The summed E-state index contributed by atoms with van der Waals surface area (Å²) in [5.41, 5.74) is 0. The van der Waals surface area contributed by atoms with E-state index >= 15 is 0 Å². The van der Waals surface area contributed by atoms with Gasteiger partial charge in [-0.2, -0.15) is 0 Å². The van der Waals surface area contributed by atoms with E-state index in [-0.39, 0.29) is 0 Å². The topological polar surface area (TPSA) is 37.8 Å². The first kappa shape index (κ1) is 11.2. The number of nitrogens with one attached hydrogen (secondary N) is 1. The molecule has 1 aromatic rings. The number of hydrogen-bond acceptors (Lipinski definition) is 4. The smallest absolute Gasteiger partial charge is 0.151 e. The molecule has 1 N–H and O–H groups in total. The van der Waals surface area contributed by atoms with Gasteiger partial charge in [0.25, 0.3) is 0 Å². The van der Waals surface area contributed by atoms with Crippen LogP contribution in [-0.2, 0) is 0 Å². The lowest BCUT2D eigenvalue weighted by molar-refractivity contribution is 0.430. The Bertz CT molecular complexity index is 298. The van der Waals surface area contributed by atoms with Gasteiger partial charge >= 0.3 is 0 Å². The number of thioether (sulfide) groups is 1. The number of halogens is 1. The first-order valence-electron chi connectivity index (χ1n) is 5.20. The quantitative estimate of drug-likeness (QED) is 0.828. The van der Waals surface area contributed by atoms with Crippen molar-refractivity contribution in [2.75, 3.05) is 12.3 Å². The molecule has 2 rings (SSSR count). The second-order valence-corrected chi connectivity index (χ2v) is 5.08. The minimum Gasteiger partial charge on any atom is -0.313 e. The molecule has 0 unspecified atom stereocenters. The van der Waals surface area contributed by atoms with Gasteiger partial charge in [-0.1, -0.05) is 18.0 Å². The van der Waals surface area contributed by atoms with Gasteiger partial charge in [0.05, 0.1) is 0 Å². The maximum Gasteiger partial charge on any atom is 0.151 e. The van der Waals surface area contributed by atoms with Gasteiger partial charge in [-0.3, -0.25) is 0 Å². The summed E-state index contributed by atoms with van der Waals surface area (Å²) in [6.07, 6.45) is 3.92. The summed E-state index contributed by atoms with van der Waals surface area (Å²) in [6.45, 7) is 1.15. The number of nitrogens with zero attached hydrogens (tertiary/aromatic N) is 2. The summed E-state index contributed by atoms with van der Waals surface area (Å²) >= 11 is 7.41. The van der Waals surface area contributed by atoms with Crippen LogP contribution < -0.4 is 5.32 Å². The Kier molecular flexibility index (Phi) is 4.23. The second kappa shape index (κ2) is 5.68. The van der Waals surface area contributed by atoms with Crippen LogP contribution in [0.3, 0.4) is 0 Å². The zero-order chi connectivity index (χ0) is 10.5. The van der Waals surface area contributed by atoms with Gasteiger partial charge < -0.3 is 5.32 Å². The molecule has 0 aromatic carbocycles. The minimum absolute atomic E-state index is 0.454. The van der Waals surface area contributed by atoms with Crippen molar-refractivity contribution in [2.24, 2.45) is 0 Å². The number of piperidine rings is 1. The van der Waals surface area contributed by atoms with Gasteiger partial charge in [0.15, 0.2) is 5.15 Å². The van der Waals surface area contributed by atoms with Crippen LogP contribution in [0.4, 0.5) is 0 Å². The molecule has 1 aromatic heterocycles. The van der Waals surface area contributed by atoms with Crippen LogP contribution in [0.1, 0.15) is 19.3 Å². The summed E-state index contributed by atoms with van der Waals surface area (Å²) in [4.78, 5) is 0. The Morgan fingerprint density at radius 3 is 3.00 bits per heavy atom. The highest BCUT2D eigenvalue weighted by Gasteiger charge is 2.12. The highest BCUT2D eigenvalue weighted by molar-refractivity contribution is 7.99. The zero-order valence-electron chi connectivity index (χ0n) is 8.45. The van der Waals surface area contributed by atoms with Gasteiger partial charge in [0.2, 0.25) is 0 Å². The molecule has 0 radical (unpaired) electrons. The van der Waals surface area contributed by atoms with Crippen molar-refractivity contribution in [1.82, 2.24) is 15.5 Å². The molecule has 1 saturated heterocycles. The van der Waals surface area contributed by atoms with E-state index in [0.717, 1.165) is 17.3 Å². The third-order valence-corrected chi connectivity index (χ3v) is 3.74. The van der Waals surface area contributed by atoms with Gasteiger partial charge in [-0.15, -0.1) is 22.0 Å². The SMILES string of the molecule is Clc1ccc(SC[C@H]2CCCCN2)nn1. The van der Waals surface area contributed by atoms with Crippen LogP contribution in [0.5, 0.6) is 0 Å². The molecule has 3 nitrogen and oxygen atoms in total. The largest absolute Gasteiger partial charge is 0.313 e. The molecule has 0 saturated carbocycles. The first-order chi connectivity index (χ1) is 7.34. The molecule has 15 heavy (non-hydrogen) atoms.